The zero-order chi connectivity index (χ0) is 37.5. The summed E-state index contributed by atoms with van der Waals surface area (Å²) < 4.78 is 27.6. The van der Waals surface area contributed by atoms with Crippen LogP contribution in [0.3, 0.4) is 0 Å². The van der Waals surface area contributed by atoms with Gasteiger partial charge in [0.25, 0.3) is 5.56 Å². The van der Waals surface area contributed by atoms with Gasteiger partial charge in [0.2, 0.25) is 0 Å². The number of ether oxygens (including phenoxy) is 2. The molecule has 1 unspecified atom stereocenters. The molecule has 2 rings (SSSR count). The second-order valence-corrected chi connectivity index (χ2v) is 32.8. The Labute approximate surface area is 292 Å². The maximum atomic E-state index is 13.6. The second kappa shape index (κ2) is 14.7. The minimum atomic E-state index is -2.71. The summed E-state index contributed by atoms with van der Waals surface area (Å²) in [6.07, 6.45) is 0.341. The Bertz CT molecular complexity index is 1380. The van der Waals surface area contributed by atoms with Gasteiger partial charge in [0, 0.05) is 24.2 Å². The summed E-state index contributed by atoms with van der Waals surface area (Å²) in [5, 5.41) is 2.39. The minimum Gasteiger partial charge on any atom is -0.459 e. The molecule has 0 radical (unpaired) electrons. The second-order valence-electron chi connectivity index (χ2n) is 18.8. The molecule has 2 heterocycles. The van der Waals surface area contributed by atoms with Crippen molar-refractivity contribution in [2.75, 3.05) is 13.2 Å². The molecular weight excluding hydrogens is 663 g/mol. The van der Waals surface area contributed by atoms with Gasteiger partial charge in [-0.2, -0.15) is 0 Å². The summed E-state index contributed by atoms with van der Waals surface area (Å²) in [7, 11) is -7.26. The predicted molar refractivity (Wildman–Crippen MR) is 200 cm³/mol. The van der Waals surface area contributed by atoms with E-state index >= 15 is 0 Å². The van der Waals surface area contributed by atoms with Gasteiger partial charge in [0.1, 0.15) is 17.9 Å². The topological polar surface area (TPSA) is 141 Å². The van der Waals surface area contributed by atoms with Crippen LogP contribution in [0.4, 0.5) is 0 Å². The highest BCUT2D eigenvalue weighted by Crippen LogP contribution is 2.51. The van der Waals surface area contributed by atoms with Gasteiger partial charge in [-0.25, -0.2) is 4.79 Å². The minimum absolute atomic E-state index is 0.0221. The van der Waals surface area contributed by atoms with Crippen LogP contribution in [0, 0.1) is 5.92 Å². The van der Waals surface area contributed by atoms with Crippen molar-refractivity contribution in [3.8, 4) is 0 Å². The third-order valence-electron chi connectivity index (χ3n) is 10.8. The summed E-state index contributed by atoms with van der Waals surface area (Å²) in [6.45, 7) is 35.6. The Morgan fingerprint density at radius 3 is 1.96 bits per heavy atom. The molecule has 0 amide bonds. The molecule has 1 aromatic heterocycles. The lowest BCUT2D eigenvalue weighted by atomic mass is 9.89. The normalized spacial score (nSPS) is 21.9. The number of esters is 1. The average molecular weight is 730 g/mol. The molecular formula is C34H67N3O8Si3. The van der Waals surface area contributed by atoms with E-state index in [9.17, 15) is 19.2 Å². The van der Waals surface area contributed by atoms with Crippen LogP contribution in [-0.2, 0) is 29.7 Å². The zero-order valence-electron chi connectivity index (χ0n) is 33.0. The summed E-state index contributed by atoms with van der Waals surface area (Å²) in [4.78, 5) is 52.7. The molecule has 0 spiro atoms. The molecule has 11 nitrogen and oxygen atoms in total. The first kappa shape index (κ1) is 42.8. The zero-order valence-corrected chi connectivity index (χ0v) is 36.0. The van der Waals surface area contributed by atoms with Crippen molar-refractivity contribution in [1.82, 2.24) is 14.9 Å². The van der Waals surface area contributed by atoms with Gasteiger partial charge in [0.05, 0.1) is 19.3 Å². The molecule has 14 heteroatoms. The SMILES string of the molecule is CC(C)(C)OC(=O)CNCc1cn([C@@H]2O[C@H](CO[Si](C)(C)C(C)(C)C)C(O[Si](C)(C)C(C)(C)C)[C@@H]2CC(C)(C)[Si](C)(C)O)c(=O)[nH]c1=O. The number of hydrogen-bond donors (Lipinski definition) is 3. The molecule has 4 atom stereocenters. The summed E-state index contributed by atoms with van der Waals surface area (Å²) in [6, 6.07) is 0. The smallest absolute Gasteiger partial charge is 0.330 e. The van der Waals surface area contributed by atoms with Crippen molar-refractivity contribution < 1.29 is 27.9 Å². The Kier molecular flexibility index (Phi) is 13.1. The van der Waals surface area contributed by atoms with Crippen LogP contribution in [0.1, 0.15) is 94.4 Å². The number of nitrogens with one attached hydrogen (secondary N) is 2. The molecule has 0 aliphatic carbocycles. The molecule has 1 aliphatic heterocycles. The van der Waals surface area contributed by atoms with E-state index < -0.39 is 71.2 Å². The fourth-order valence-corrected chi connectivity index (χ4v) is 8.07. The number of aromatic nitrogens is 2. The summed E-state index contributed by atoms with van der Waals surface area (Å²) in [5.74, 6) is -0.785. The number of hydrogen-bond acceptors (Lipinski definition) is 9. The third-order valence-corrected chi connectivity index (χ3v) is 23.3. The lowest BCUT2D eigenvalue weighted by Crippen LogP contribution is -2.51. The van der Waals surface area contributed by atoms with Crippen LogP contribution in [0.2, 0.25) is 54.4 Å². The van der Waals surface area contributed by atoms with Crippen LogP contribution in [0.5, 0.6) is 0 Å². The third kappa shape index (κ3) is 10.8. The lowest BCUT2D eigenvalue weighted by molar-refractivity contribution is -0.153. The fraction of sp³-hybridized carbons (Fsp3) is 0.853. The number of rotatable bonds is 13. The highest BCUT2D eigenvalue weighted by molar-refractivity contribution is 6.74. The number of carbonyl (C=O) groups excluding carboxylic acids is 1. The van der Waals surface area contributed by atoms with E-state index in [0.29, 0.717) is 13.0 Å². The van der Waals surface area contributed by atoms with Crippen LogP contribution in [0.15, 0.2) is 15.8 Å². The van der Waals surface area contributed by atoms with Gasteiger partial charge in [-0.3, -0.25) is 19.1 Å². The van der Waals surface area contributed by atoms with Crippen LogP contribution in [-0.4, -0.2) is 76.2 Å². The van der Waals surface area contributed by atoms with E-state index in [1.54, 1.807) is 20.8 Å². The van der Waals surface area contributed by atoms with Crippen molar-refractivity contribution in [2.45, 2.75) is 168 Å². The van der Waals surface area contributed by atoms with Gasteiger partial charge < -0.3 is 28.4 Å². The van der Waals surface area contributed by atoms with E-state index in [1.165, 1.54) is 10.8 Å². The molecule has 0 aromatic carbocycles. The monoisotopic (exact) mass is 729 g/mol. The molecule has 1 aliphatic rings. The first-order chi connectivity index (χ1) is 21.3. The molecule has 0 saturated carbocycles. The van der Waals surface area contributed by atoms with Gasteiger partial charge in [-0.1, -0.05) is 55.4 Å². The molecule has 0 bridgehead atoms. The molecule has 278 valence electrons. The highest BCUT2D eigenvalue weighted by Gasteiger charge is 2.54. The van der Waals surface area contributed by atoms with Crippen molar-refractivity contribution >= 4 is 30.9 Å². The first-order valence-electron chi connectivity index (χ1n) is 17.3. The van der Waals surface area contributed by atoms with E-state index in [4.69, 9.17) is 18.3 Å². The first-order valence-corrected chi connectivity index (χ1v) is 26.0. The number of H-pyrrole nitrogens is 1. The Morgan fingerprint density at radius 2 is 1.48 bits per heavy atom. The quantitative estimate of drug-likeness (QED) is 0.159. The average Bonchev–Trinajstić information content (AvgIpc) is 3.16. The van der Waals surface area contributed by atoms with Crippen molar-refractivity contribution in [2.24, 2.45) is 5.92 Å². The Balaban J connectivity index is 2.66. The molecule has 48 heavy (non-hydrogen) atoms. The standard InChI is InChI=1S/C34H67N3O8Si3/c1-31(2,3)44-26(38)20-35-19-23-21-37(30(40)36-28(23)39)29-24(18-34(10,11)46(12,13)41)27(45-48(16,17)33(7,8)9)25(43-29)22-42-47(14,15)32(4,5)6/h21,24-25,27,29,35,41H,18-20,22H2,1-17H3,(H,36,39,40)/t24-,25+,27?,29+/m0/s1. The Morgan fingerprint density at radius 1 is 0.938 bits per heavy atom. The van der Waals surface area contributed by atoms with Crippen LogP contribution in [0.25, 0.3) is 0 Å². The highest BCUT2D eigenvalue weighted by atomic mass is 28.4. The van der Waals surface area contributed by atoms with E-state index in [-0.39, 0.29) is 34.6 Å². The number of nitrogens with zero attached hydrogens (tertiary/aromatic N) is 1. The van der Waals surface area contributed by atoms with E-state index in [0.717, 1.165) is 0 Å². The summed E-state index contributed by atoms with van der Waals surface area (Å²) in [5.41, 5.74) is -1.49. The van der Waals surface area contributed by atoms with Crippen LogP contribution >= 0.6 is 0 Å². The molecule has 1 saturated heterocycles. The van der Waals surface area contributed by atoms with E-state index in [2.05, 4.69) is 91.9 Å². The van der Waals surface area contributed by atoms with Gasteiger partial charge in [0.15, 0.2) is 25.0 Å². The number of aromatic amines is 1. The van der Waals surface area contributed by atoms with E-state index in [1.807, 2.05) is 13.1 Å². The van der Waals surface area contributed by atoms with Crippen molar-refractivity contribution in [3.63, 3.8) is 0 Å². The predicted octanol–water partition coefficient (Wildman–Crippen LogP) is 6.26. The van der Waals surface area contributed by atoms with Gasteiger partial charge in [-0.05, 0) is 81.6 Å². The van der Waals surface area contributed by atoms with Crippen molar-refractivity contribution in [1.29, 1.82) is 0 Å². The van der Waals surface area contributed by atoms with Gasteiger partial charge in [-0.15, -0.1) is 0 Å². The summed E-state index contributed by atoms with van der Waals surface area (Å²) >= 11 is 0. The van der Waals surface area contributed by atoms with Gasteiger partial charge >= 0.3 is 11.7 Å². The molecule has 1 fully saturated rings. The molecule has 3 N–H and O–H groups in total. The lowest BCUT2D eigenvalue weighted by Gasteiger charge is -2.44. The Hall–Kier alpha value is -1.40. The van der Waals surface area contributed by atoms with Crippen LogP contribution < -0.4 is 16.6 Å². The number of carbonyl (C=O) groups is 1. The maximum Gasteiger partial charge on any atom is 0.330 e. The van der Waals surface area contributed by atoms with Crippen molar-refractivity contribution in [3.05, 3.63) is 32.6 Å². The maximum absolute atomic E-state index is 13.6. The fourth-order valence-electron chi connectivity index (χ4n) is 4.96. The molecule has 1 aromatic rings. The largest absolute Gasteiger partial charge is 0.459 e.